The Morgan fingerprint density at radius 1 is 1.00 bits per heavy atom. The van der Waals surface area contributed by atoms with Gasteiger partial charge in [0.15, 0.2) is 0 Å². The summed E-state index contributed by atoms with van der Waals surface area (Å²) in [7, 11) is 1.59. The Morgan fingerprint density at radius 3 is 2.31 bits per heavy atom. The fourth-order valence-electron chi connectivity index (χ4n) is 3.94. The van der Waals surface area contributed by atoms with Gasteiger partial charge in [-0.05, 0) is 35.5 Å². The van der Waals surface area contributed by atoms with Crippen LogP contribution in [0.2, 0.25) is 0 Å². The Labute approximate surface area is 176 Å². The number of ether oxygens (including phenoxy) is 2. The maximum absolute atomic E-state index is 10.0. The van der Waals surface area contributed by atoms with E-state index in [2.05, 4.69) is 20.8 Å². The van der Waals surface area contributed by atoms with Crippen LogP contribution in [0.3, 0.4) is 0 Å². The summed E-state index contributed by atoms with van der Waals surface area (Å²) in [6.45, 7) is 7.07. The summed E-state index contributed by atoms with van der Waals surface area (Å²) in [5.41, 5.74) is 2.57. The van der Waals surface area contributed by atoms with Gasteiger partial charge < -0.3 is 19.7 Å². The summed E-state index contributed by atoms with van der Waals surface area (Å²) in [5.74, 6) is 0.112. The predicted octanol–water partition coefficient (Wildman–Crippen LogP) is 4.83. The van der Waals surface area contributed by atoms with Crippen LogP contribution in [0.4, 0.5) is 0 Å². The summed E-state index contributed by atoms with van der Waals surface area (Å²) in [6.07, 6.45) is 8.44. The third kappa shape index (κ3) is 6.51. The molecule has 1 aromatic rings. The minimum atomic E-state index is -1.12. The van der Waals surface area contributed by atoms with E-state index >= 15 is 0 Å². The van der Waals surface area contributed by atoms with Gasteiger partial charge in [0.2, 0.25) is 5.79 Å². The third-order valence-electron chi connectivity index (χ3n) is 5.81. The fraction of sp³-hybridized carbons (Fsp3) is 0.600. The van der Waals surface area contributed by atoms with Gasteiger partial charge in [-0.1, -0.05) is 76.4 Å². The second-order valence-electron chi connectivity index (χ2n) is 8.55. The Balaban J connectivity index is 2.08. The SMILES string of the molecule is COC1(OCCC(C)CCCC(C)C)C=C(CO)C(c2ccccc2)C=C1CO. The van der Waals surface area contributed by atoms with Gasteiger partial charge in [0.05, 0.1) is 19.8 Å². The molecule has 3 atom stereocenters. The molecule has 0 aromatic heterocycles. The number of aliphatic hydroxyl groups is 2. The molecule has 1 aliphatic rings. The second-order valence-corrected chi connectivity index (χ2v) is 8.55. The Hall–Kier alpha value is -1.46. The number of allylic oxidation sites excluding steroid dienone is 1. The fourth-order valence-corrected chi connectivity index (χ4v) is 3.94. The standard InChI is InChI=1S/C25H38O4/c1-19(2)9-8-10-20(3)13-14-29-25(28-4)16-22(17-26)24(15-23(25)18-27)21-11-6-5-7-12-21/h5-7,11-12,15-16,19-20,24,26-27H,8-10,13-14,17-18H2,1-4H3. The van der Waals surface area contributed by atoms with Crippen molar-refractivity contribution in [1.82, 2.24) is 0 Å². The minimum Gasteiger partial charge on any atom is -0.392 e. The number of benzene rings is 1. The van der Waals surface area contributed by atoms with Crippen LogP contribution in [0.5, 0.6) is 0 Å². The van der Waals surface area contributed by atoms with Crippen LogP contribution in [0.1, 0.15) is 57.9 Å². The first-order valence-electron chi connectivity index (χ1n) is 10.8. The van der Waals surface area contributed by atoms with Crippen molar-refractivity contribution in [3.05, 3.63) is 59.2 Å². The number of rotatable bonds is 12. The highest BCUT2D eigenvalue weighted by molar-refractivity contribution is 5.43. The smallest absolute Gasteiger partial charge is 0.213 e. The van der Waals surface area contributed by atoms with E-state index in [0.717, 1.165) is 23.5 Å². The topological polar surface area (TPSA) is 58.9 Å². The first-order valence-corrected chi connectivity index (χ1v) is 10.8. The molecule has 3 unspecified atom stereocenters. The van der Waals surface area contributed by atoms with Gasteiger partial charge in [0, 0.05) is 18.6 Å². The van der Waals surface area contributed by atoms with Crippen molar-refractivity contribution in [2.24, 2.45) is 11.8 Å². The van der Waals surface area contributed by atoms with Crippen molar-refractivity contribution in [1.29, 1.82) is 0 Å². The van der Waals surface area contributed by atoms with Crippen LogP contribution in [0, 0.1) is 11.8 Å². The molecular formula is C25H38O4. The van der Waals surface area contributed by atoms with Crippen molar-refractivity contribution >= 4 is 0 Å². The zero-order valence-corrected chi connectivity index (χ0v) is 18.4. The second kappa shape index (κ2) is 11.7. The average Bonchev–Trinajstić information content (AvgIpc) is 2.73. The highest BCUT2D eigenvalue weighted by Crippen LogP contribution is 2.39. The first kappa shape index (κ1) is 23.8. The van der Waals surface area contributed by atoms with Crippen molar-refractivity contribution in [3.63, 3.8) is 0 Å². The largest absolute Gasteiger partial charge is 0.392 e. The molecule has 2 rings (SSSR count). The summed E-state index contributed by atoms with van der Waals surface area (Å²) >= 11 is 0. The molecule has 0 aliphatic heterocycles. The normalized spacial score (nSPS) is 23.1. The van der Waals surface area contributed by atoms with Crippen LogP contribution in [-0.4, -0.2) is 42.9 Å². The predicted molar refractivity (Wildman–Crippen MR) is 118 cm³/mol. The molecule has 1 aliphatic carbocycles. The number of aliphatic hydroxyl groups excluding tert-OH is 2. The lowest BCUT2D eigenvalue weighted by Crippen LogP contribution is -2.40. The molecule has 0 fully saturated rings. The lowest BCUT2D eigenvalue weighted by atomic mass is 9.82. The van der Waals surface area contributed by atoms with Gasteiger partial charge in [-0.2, -0.15) is 0 Å². The highest BCUT2D eigenvalue weighted by atomic mass is 16.7. The average molecular weight is 403 g/mol. The molecular weight excluding hydrogens is 364 g/mol. The van der Waals surface area contributed by atoms with Crippen molar-refractivity contribution in [2.45, 2.75) is 58.2 Å². The molecule has 4 nitrogen and oxygen atoms in total. The number of hydrogen-bond acceptors (Lipinski definition) is 4. The van der Waals surface area contributed by atoms with Gasteiger partial charge >= 0.3 is 0 Å². The third-order valence-corrected chi connectivity index (χ3v) is 5.81. The summed E-state index contributed by atoms with van der Waals surface area (Å²) < 4.78 is 12.0. The zero-order valence-electron chi connectivity index (χ0n) is 18.4. The lowest BCUT2D eigenvalue weighted by Gasteiger charge is -2.37. The summed E-state index contributed by atoms with van der Waals surface area (Å²) in [4.78, 5) is 0. The minimum absolute atomic E-state index is 0.0884. The maximum Gasteiger partial charge on any atom is 0.213 e. The molecule has 2 N–H and O–H groups in total. The molecule has 0 bridgehead atoms. The molecule has 1 aromatic carbocycles. The van der Waals surface area contributed by atoms with E-state index in [1.807, 2.05) is 42.5 Å². The van der Waals surface area contributed by atoms with Crippen molar-refractivity contribution < 1.29 is 19.7 Å². The summed E-state index contributed by atoms with van der Waals surface area (Å²) in [5, 5.41) is 20.0. The molecule has 162 valence electrons. The van der Waals surface area contributed by atoms with E-state index < -0.39 is 5.79 Å². The summed E-state index contributed by atoms with van der Waals surface area (Å²) in [6, 6.07) is 9.98. The van der Waals surface area contributed by atoms with Gasteiger partial charge in [-0.15, -0.1) is 0 Å². The van der Waals surface area contributed by atoms with Crippen LogP contribution >= 0.6 is 0 Å². The molecule has 4 heteroatoms. The van der Waals surface area contributed by atoms with Crippen LogP contribution in [0.25, 0.3) is 0 Å². The molecule has 0 saturated heterocycles. The molecule has 0 spiro atoms. The van der Waals surface area contributed by atoms with Gasteiger partial charge in [0.1, 0.15) is 0 Å². The van der Waals surface area contributed by atoms with Crippen molar-refractivity contribution in [2.75, 3.05) is 26.9 Å². The lowest BCUT2D eigenvalue weighted by molar-refractivity contribution is -0.168. The van der Waals surface area contributed by atoms with E-state index in [1.54, 1.807) is 7.11 Å². The van der Waals surface area contributed by atoms with Gasteiger partial charge in [0.25, 0.3) is 0 Å². The van der Waals surface area contributed by atoms with Gasteiger partial charge in [-0.25, -0.2) is 0 Å². The zero-order chi connectivity index (χ0) is 21.3. The van der Waals surface area contributed by atoms with E-state index in [1.165, 1.54) is 19.3 Å². The quantitative estimate of drug-likeness (QED) is 0.388. The monoisotopic (exact) mass is 402 g/mol. The van der Waals surface area contributed by atoms with Gasteiger partial charge in [-0.3, -0.25) is 0 Å². The molecule has 0 saturated carbocycles. The van der Waals surface area contributed by atoms with Crippen LogP contribution in [0.15, 0.2) is 53.6 Å². The van der Waals surface area contributed by atoms with Crippen molar-refractivity contribution in [3.8, 4) is 0 Å². The molecule has 29 heavy (non-hydrogen) atoms. The maximum atomic E-state index is 10.0. The molecule has 0 heterocycles. The molecule has 0 radical (unpaired) electrons. The Bertz CT molecular complexity index is 665. The highest BCUT2D eigenvalue weighted by Gasteiger charge is 2.38. The number of methoxy groups -OCH3 is 1. The Morgan fingerprint density at radius 2 is 1.72 bits per heavy atom. The number of hydrogen-bond donors (Lipinski definition) is 2. The van der Waals surface area contributed by atoms with Crippen LogP contribution < -0.4 is 0 Å². The van der Waals surface area contributed by atoms with Crippen LogP contribution in [-0.2, 0) is 9.47 Å². The first-order chi connectivity index (χ1) is 14.0. The van der Waals surface area contributed by atoms with E-state index in [4.69, 9.17) is 9.47 Å². The Kier molecular flexibility index (Phi) is 9.57. The molecule has 0 amide bonds. The van der Waals surface area contributed by atoms with E-state index in [0.29, 0.717) is 18.1 Å². The van der Waals surface area contributed by atoms with E-state index in [9.17, 15) is 10.2 Å². The van der Waals surface area contributed by atoms with E-state index in [-0.39, 0.29) is 19.1 Å².